The summed E-state index contributed by atoms with van der Waals surface area (Å²) in [5, 5.41) is 6.02. The predicted molar refractivity (Wildman–Crippen MR) is 103 cm³/mol. The van der Waals surface area contributed by atoms with Crippen LogP contribution in [0, 0.1) is 0 Å². The fourth-order valence-corrected chi connectivity index (χ4v) is 4.98. The summed E-state index contributed by atoms with van der Waals surface area (Å²) in [7, 11) is -3.52. The Kier molecular flexibility index (Phi) is 5.40. The molecule has 1 fully saturated rings. The van der Waals surface area contributed by atoms with Gasteiger partial charge in [0.1, 0.15) is 13.2 Å². The van der Waals surface area contributed by atoms with E-state index < -0.39 is 25.9 Å². The molecule has 2 heterocycles. The minimum absolute atomic E-state index is 0.294. The molecule has 2 aliphatic heterocycles. The number of amides is 1. The van der Waals surface area contributed by atoms with Crippen molar-refractivity contribution in [3.63, 3.8) is 0 Å². The normalized spacial score (nSPS) is 19.4. The predicted octanol–water partition coefficient (Wildman–Crippen LogP) is 1.02. The lowest BCUT2D eigenvalue weighted by atomic mass is 9.84. The van der Waals surface area contributed by atoms with E-state index in [9.17, 15) is 13.2 Å². The molecule has 27 heavy (non-hydrogen) atoms. The van der Waals surface area contributed by atoms with Crippen LogP contribution < -0.4 is 20.1 Å². The molecule has 2 N–H and O–H groups in total. The van der Waals surface area contributed by atoms with Crippen molar-refractivity contribution in [1.82, 2.24) is 10.6 Å². The highest BCUT2D eigenvalue weighted by Gasteiger charge is 2.48. The summed E-state index contributed by atoms with van der Waals surface area (Å²) in [6, 6.07) is 5.76. The van der Waals surface area contributed by atoms with E-state index in [4.69, 9.17) is 9.47 Å². The third-order valence-electron chi connectivity index (χ3n) is 5.55. The summed E-state index contributed by atoms with van der Waals surface area (Å²) in [4.78, 5) is 12.9. The van der Waals surface area contributed by atoms with Gasteiger partial charge in [-0.3, -0.25) is 4.79 Å². The van der Waals surface area contributed by atoms with E-state index in [1.54, 1.807) is 0 Å². The van der Waals surface area contributed by atoms with Crippen LogP contribution in [0.1, 0.15) is 32.3 Å². The van der Waals surface area contributed by atoms with Crippen LogP contribution in [0.4, 0.5) is 0 Å². The minimum Gasteiger partial charge on any atom is -0.486 e. The van der Waals surface area contributed by atoms with Crippen molar-refractivity contribution in [2.24, 2.45) is 0 Å². The average molecular weight is 397 g/mol. The molecule has 0 atom stereocenters. The molecule has 150 valence electrons. The molecule has 1 saturated heterocycles. The van der Waals surface area contributed by atoms with Crippen molar-refractivity contribution < 1.29 is 22.7 Å². The number of piperidine rings is 1. The zero-order valence-corrected chi connectivity index (χ0v) is 16.9. The molecule has 8 heteroatoms. The van der Waals surface area contributed by atoms with Gasteiger partial charge in [0.05, 0.1) is 0 Å². The number of carbonyl (C=O) groups excluding carboxylic acids is 1. The van der Waals surface area contributed by atoms with Crippen LogP contribution in [-0.2, 0) is 20.0 Å². The topological polar surface area (TPSA) is 93.7 Å². The monoisotopic (exact) mass is 396 g/mol. The highest BCUT2D eigenvalue weighted by molar-refractivity contribution is 7.92. The van der Waals surface area contributed by atoms with Crippen LogP contribution in [-0.4, -0.2) is 58.2 Å². The van der Waals surface area contributed by atoms with Gasteiger partial charge in [0.25, 0.3) is 0 Å². The molecule has 0 bridgehead atoms. The Balaban J connectivity index is 1.75. The fourth-order valence-electron chi connectivity index (χ4n) is 3.63. The molecule has 1 aromatic carbocycles. The van der Waals surface area contributed by atoms with Gasteiger partial charge in [0.15, 0.2) is 26.1 Å². The summed E-state index contributed by atoms with van der Waals surface area (Å²) in [5.74, 6) is 1.01. The number of benzene rings is 1. The Morgan fingerprint density at radius 2 is 1.81 bits per heavy atom. The first-order chi connectivity index (χ1) is 12.7. The molecule has 0 unspecified atom stereocenters. The lowest BCUT2D eigenvalue weighted by Gasteiger charge is -2.36. The first kappa shape index (κ1) is 19.9. The van der Waals surface area contributed by atoms with Gasteiger partial charge in [0, 0.05) is 18.2 Å². The molecule has 0 spiro atoms. The van der Waals surface area contributed by atoms with Crippen molar-refractivity contribution in [1.29, 1.82) is 0 Å². The molecule has 2 aliphatic rings. The van der Waals surface area contributed by atoms with E-state index in [2.05, 4.69) is 10.6 Å². The van der Waals surface area contributed by atoms with Crippen LogP contribution in [0.3, 0.4) is 0 Å². The zero-order chi connectivity index (χ0) is 19.7. The molecule has 0 radical (unpaired) electrons. The number of carbonyl (C=O) groups is 1. The second-order valence-corrected chi connectivity index (χ2v) is 10.3. The van der Waals surface area contributed by atoms with Crippen LogP contribution in [0.5, 0.6) is 11.5 Å². The van der Waals surface area contributed by atoms with Crippen LogP contribution in [0.15, 0.2) is 18.2 Å². The quantitative estimate of drug-likeness (QED) is 0.772. The maximum atomic E-state index is 12.9. The Morgan fingerprint density at radius 1 is 1.19 bits per heavy atom. The van der Waals surface area contributed by atoms with E-state index in [-0.39, 0.29) is 0 Å². The summed E-state index contributed by atoms with van der Waals surface area (Å²) in [5.41, 5.74) is 0.600. The van der Waals surface area contributed by atoms with Gasteiger partial charge in [-0.25, -0.2) is 8.42 Å². The van der Waals surface area contributed by atoms with E-state index in [1.165, 1.54) is 0 Å². The number of nitrogens with one attached hydrogen (secondary N) is 2. The van der Waals surface area contributed by atoms with Gasteiger partial charge >= 0.3 is 0 Å². The third-order valence-corrected chi connectivity index (χ3v) is 7.56. The fraction of sp³-hybridized carbons (Fsp3) is 0.632. The molecule has 3 rings (SSSR count). The van der Waals surface area contributed by atoms with E-state index in [0.29, 0.717) is 51.4 Å². The maximum Gasteiger partial charge on any atom is 0.241 e. The second-order valence-electron chi connectivity index (χ2n) is 7.94. The van der Waals surface area contributed by atoms with Gasteiger partial charge < -0.3 is 20.1 Å². The molecular formula is C19H28N2O5S. The highest BCUT2D eigenvalue weighted by Crippen LogP contribution is 2.35. The Bertz CT molecular complexity index is 813. The number of sulfone groups is 1. The molecule has 0 aromatic heterocycles. The number of ether oxygens (including phenoxy) is 2. The molecule has 0 aliphatic carbocycles. The van der Waals surface area contributed by atoms with Gasteiger partial charge in [-0.15, -0.1) is 0 Å². The number of hydrogen-bond donors (Lipinski definition) is 2. The summed E-state index contributed by atoms with van der Waals surface area (Å²) in [6.07, 6.45) is 1.74. The van der Waals surface area contributed by atoms with Gasteiger partial charge in [0.2, 0.25) is 5.91 Å². The van der Waals surface area contributed by atoms with E-state index in [0.717, 1.165) is 17.6 Å². The van der Waals surface area contributed by atoms with Crippen molar-refractivity contribution in [2.45, 2.75) is 36.9 Å². The molecular weight excluding hydrogens is 368 g/mol. The maximum absolute atomic E-state index is 12.9. The van der Waals surface area contributed by atoms with E-state index >= 15 is 0 Å². The van der Waals surface area contributed by atoms with Gasteiger partial charge in [-0.1, -0.05) is 19.9 Å². The lowest BCUT2D eigenvalue weighted by molar-refractivity contribution is -0.124. The zero-order valence-electron chi connectivity index (χ0n) is 16.1. The van der Waals surface area contributed by atoms with Crippen LogP contribution in [0.25, 0.3) is 0 Å². The number of fused-ring (bicyclic) bond motifs is 1. The van der Waals surface area contributed by atoms with Crippen molar-refractivity contribution in [3.05, 3.63) is 23.8 Å². The largest absolute Gasteiger partial charge is 0.486 e. The lowest BCUT2D eigenvalue weighted by Crippen LogP contribution is -2.58. The molecule has 7 nitrogen and oxygen atoms in total. The highest BCUT2D eigenvalue weighted by atomic mass is 32.2. The SMILES string of the molecule is CC(C)(CNC(=O)C1(S(C)(=O)=O)CCNCC1)c1ccc2c(c1)OCCO2. The Hall–Kier alpha value is -1.80. The number of hydrogen-bond acceptors (Lipinski definition) is 6. The van der Waals surface area contributed by atoms with Crippen molar-refractivity contribution >= 4 is 15.7 Å². The van der Waals surface area contributed by atoms with Gasteiger partial charge in [-0.05, 0) is 43.6 Å². The van der Waals surface area contributed by atoms with E-state index in [1.807, 2.05) is 32.0 Å². The molecule has 0 saturated carbocycles. The first-order valence-corrected chi connectivity index (χ1v) is 11.1. The van der Waals surface area contributed by atoms with Crippen molar-refractivity contribution in [2.75, 3.05) is 39.1 Å². The van der Waals surface area contributed by atoms with Crippen LogP contribution >= 0.6 is 0 Å². The van der Waals surface area contributed by atoms with Crippen molar-refractivity contribution in [3.8, 4) is 11.5 Å². The molecule has 1 amide bonds. The Labute approximate surface area is 160 Å². The first-order valence-electron chi connectivity index (χ1n) is 9.24. The average Bonchev–Trinajstić information content (AvgIpc) is 2.65. The third kappa shape index (κ3) is 3.91. The van der Waals surface area contributed by atoms with Gasteiger partial charge in [-0.2, -0.15) is 0 Å². The molecule has 1 aromatic rings. The van der Waals surface area contributed by atoms with Crippen LogP contribution in [0.2, 0.25) is 0 Å². The smallest absolute Gasteiger partial charge is 0.241 e. The summed E-state index contributed by atoms with van der Waals surface area (Å²) in [6.45, 7) is 6.43. The number of rotatable bonds is 5. The summed E-state index contributed by atoms with van der Waals surface area (Å²) < 4.78 is 34.6. The second kappa shape index (κ2) is 7.31. The Morgan fingerprint density at radius 3 is 2.44 bits per heavy atom. The standard InChI is InChI=1S/C19H28N2O5S/c1-18(2,14-4-5-15-16(12-14)26-11-10-25-15)13-21-17(22)19(27(3,23)24)6-8-20-9-7-19/h4-5,12,20H,6-11,13H2,1-3H3,(H,21,22). The summed E-state index contributed by atoms with van der Waals surface area (Å²) >= 11 is 0. The minimum atomic E-state index is -3.52.